The zero-order valence-electron chi connectivity index (χ0n) is 14.5. The lowest BCUT2D eigenvalue weighted by Crippen LogP contribution is -2.49. The molecule has 0 saturated heterocycles. The maximum Gasteiger partial charge on any atom is 0.408 e. The lowest BCUT2D eigenvalue weighted by molar-refractivity contribution is -0.122. The molecule has 1 aromatic carbocycles. The van der Waals surface area contributed by atoms with Crippen LogP contribution in [0.2, 0.25) is 0 Å². The fourth-order valence-corrected chi connectivity index (χ4v) is 3.30. The van der Waals surface area contributed by atoms with E-state index in [1.54, 1.807) is 32.1 Å². The molecule has 0 radical (unpaired) electrons. The first kappa shape index (κ1) is 18.7. The Balaban J connectivity index is 2.18. The number of alkyl carbamates (subject to hydrolysis) is 1. The third-order valence-electron chi connectivity index (χ3n) is 3.33. The number of hydrogen-bond acceptors (Lipinski definition) is 5. The minimum absolute atomic E-state index is 0.115. The van der Waals surface area contributed by atoms with E-state index in [1.807, 2.05) is 35.7 Å². The van der Waals surface area contributed by atoms with Crippen molar-refractivity contribution < 1.29 is 14.3 Å². The van der Waals surface area contributed by atoms with E-state index >= 15 is 0 Å². The number of rotatable bonds is 5. The molecule has 7 heteroatoms. The van der Waals surface area contributed by atoms with Crippen LogP contribution in [0, 0.1) is 11.3 Å². The highest BCUT2D eigenvalue weighted by Gasteiger charge is 2.25. The lowest BCUT2D eigenvalue weighted by Gasteiger charge is -2.23. The molecule has 2 amide bonds. The third-order valence-corrected chi connectivity index (χ3v) is 4.35. The molecule has 6 nitrogen and oxygen atoms in total. The first-order valence-corrected chi connectivity index (χ1v) is 8.77. The topological polar surface area (TPSA) is 91.2 Å². The van der Waals surface area contributed by atoms with E-state index in [9.17, 15) is 9.59 Å². The molecule has 25 heavy (non-hydrogen) atoms. The molecule has 0 spiro atoms. The number of benzene rings is 1. The van der Waals surface area contributed by atoms with E-state index in [2.05, 4.69) is 10.6 Å². The van der Waals surface area contributed by atoms with Gasteiger partial charge in [0.1, 0.15) is 18.2 Å². The summed E-state index contributed by atoms with van der Waals surface area (Å²) in [6, 6.07) is 8.93. The lowest BCUT2D eigenvalue weighted by atomic mass is 10.0. The van der Waals surface area contributed by atoms with Crippen LogP contribution in [-0.2, 0) is 16.0 Å². The number of amides is 2. The average Bonchev–Trinajstić information content (AvgIpc) is 2.93. The summed E-state index contributed by atoms with van der Waals surface area (Å²) in [5.41, 5.74) is 0.307. The van der Waals surface area contributed by atoms with Crippen LogP contribution in [-0.4, -0.2) is 30.2 Å². The van der Waals surface area contributed by atoms with Crippen LogP contribution in [0.4, 0.5) is 4.79 Å². The van der Waals surface area contributed by atoms with Gasteiger partial charge in [0, 0.05) is 11.1 Å². The zero-order valence-corrected chi connectivity index (χ0v) is 15.3. The fraction of sp³-hybridized carbons (Fsp3) is 0.389. The molecule has 1 aromatic heterocycles. The molecule has 1 atom stereocenters. The Hall–Kier alpha value is -2.59. The Kier molecular flexibility index (Phi) is 5.99. The molecule has 0 aliphatic heterocycles. The van der Waals surface area contributed by atoms with Crippen LogP contribution >= 0.6 is 11.3 Å². The van der Waals surface area contributed by atoms with Gasteiger partial charge in [-0.25, -0.2) is 4.79 Å². The van der Waals surface area contributed by atoms with E-state index < -0.39 is 23.6 Å². The molecule has 2 aromatic rings. The second-order valence-corrected chi connectivity index (χ2v) is 7.45. The van der Waals surface area contributed by atoms with Gasteiger partial charge in [0.25, 0.3) is 0 Å². The maximum atomic E-state index is 12.3. The highest BCUT2D eigenvalue weighted by atomic mass is 32.1. The van der Waals surface area contributed by atoms with E-state index in [0.717, 1.165) is 15.6 Å². The summed E-state index contributed by atoms with van der Waals surface area (Å²) in [5.74, 6) is -0.414. The van der Waals surface area contributed by atoms with Crippen molar-refractivity contribution in [2.24, 2.45) is 0 Å². The van der Waals surface area contributed by atoms with Crippen LogP contribution in [0.3, 0.4) is 0 Å². The predicted molar refractivity (Wildman–Crippen MR) is 97.3 cm³/mol. The number of nitriles is 1. The normalized spacial score (nSPS) is 12.2. The van der Waals surface area contributed by atoms with Crippen LogP contribution in [0.5, 0.6) is 0 Å². The summed E-state index contributed by atoms with van der Waals surface area (Å²) in [7, 11) is 0. The molecule has 2 N–H and O–H groups in total. The van der Waals surface area contributed by atoms with Crippen molar-refractivity contribution in [3.8, 4) is 6.07 Å². The number of carbonyl (C=O) groups excluding carboxylic acids is 2. The third kappa shape index (κ3) is 5.47. The molecule has 1 heterocycles. The smallest absolute Gasteiger partial charge is 0.408 e. The SMILES string of the molecule is CC(C)(C)OC(=O)NC(Cc1csc2ccccc12)C(=O)NCC#N. The Bertz CT molecular complexity index is 802. The van der Waals surface area contributed by atoms with E-state index in [0.29, 0.717) is 6.42 Å². The molecule has 0 aliphatic carbocycles. The van der Waals surface area contributed by atoms with Crippen molar-refractivity contribution in [2.75, 3.05) is 6.54 Å². The van der Waals surface area contributed by atoms with E-state index in [-0.39, 0.29) is 6.54 Å². The second kappa shape index (κ2) is 7.99. The quantitative estimate of drug-likeness (QED) is 0.803. The van der Waals surface area contributed by atoms with Crippen LogP contribution in [0.25, 0.3) is 10.1 Å². The summed E-state index contributed by atoms with van der Waals surface area (Å²) in [4.78, 5) is 24.4. The van der Waals surface area contributed by atoms with E-state index in [1.165, 1.54) is 0 Å². The van der Waals surface area contributed by atoms with Gasteiger partial charge in [-0.2, -0.15) is 5.26 Å². The Labute approximate surface area is 150 Å². The molecule has 132 valence electrons. The number of carbonyl (C=O) groups is 2. The van der Waals surface area contributed by atoms with Crippen molar-refractivity contribution in [2.45, 2.75) is 38.8 Å². The average molecular weight is 359 g/mol. The summed E-state index contributed by atoms with van der Waals surface area (Å²) in [6.07, 6.45) is -0.343. The Morgan fingerprint density at radius 3 is 2.72 bits per heavy atom. The van der Waals surface area contributed by atoms with Crippen LogP contribution < -0.4 is 10.6 Å². The molecule has 0 fully saturated rings. The molecule has 0 saturated carbocycles. The summed E-state index contributed by atoms with van der Waals surface area (Å²) < 4.78 is 6.35. The minimum atomic E-state index is -0.818. The largest absolute Gasteiger partial charge is 0.444 e. The van der Waals surface area contributed by atoms with Crippen molar-refractivity contribution in [1.82, 2.24) is 10.6 Å². The second-order valence-electron chi connectivity index (χ2n) is 6.54. The predicted octanol–water partition coefficient (Wildman–Crippen LogP) is 2.98. The fourth-order valence-electron chi connectivity index (χ4n) is 2.32. The summed E-state index contributed by atoms with van der Waals surface area (Å²) in [6.45, 7) is 5.15. The Morgan fingerprint density at radius 1 is 1.32 bits per heavy atom. The molecular weight excluding hydrogens is 338 g/mol. The highest BCUT2D eigenvalue weighted by Crippen LogP contribution is 2.26. The van der Waals surface area contributed by atoms with Gasteiger partial charge in [0.15, 0.2) is 0 Å². The number of nitrogens with one attached hydrogen (secondary N) is 2. The van der Waals surface area contributed by atoms with Crippen LogP contribution in [0.1, 0.15) is 26.3 Å². The van der Waals surface area contributed by atoms with Gasteiger partial charge in [0.2, 0.25) is 5.91 Å². The molecule has 0 bridgehead atoms. The number of thiophene rings is 1. The molecule has 1 unspecified atom stereocenters. The van der Waals surface area contributed by atoms with E-state index in [4.69, 9.17) is 10.00 Å². The van der Waals surface area contributed by atoms with Gasteiger partial charge in [-0.05, 0) is 43.2 Å². The van der Waals surface area contributed by atoms with Gasteiger partial charge in [-0.1, -0.05) is 18.2 Å². The number of ether oxygens (including phenoxy) is 1. The number of fused-ring (bicyclic) bond motifs is 1. The standard InChI is InChI=1S/C18H21N3O3S/c1-18(2,3)24-17(23)21-14(16(22)20-9-8-19)10-12-11-25-15-7-5-4-6-13(12)15/h4-7,11,14H,9-10H2,1-3H3,(H,20,22)(H,21,23). The van der Waals surface area contributed by atoms with Gasteiger partial charge in [0.05, 0.1) is 6.07 Å². The van der Waals surface area contributed by atoms with Crippen molar-refractivity contribution in [1.29, 1.82) is 5.26 Å². The minimum Gasteiger partial charge on any atom is -0.444 e. The van der Waals surface area contributed by atoms with Crippen LogP contribution in [0.15, 0.2) is 29.6 Å². The van der Waals surface area contributed by atoms with Gasteiger partial charge in [-0.15, -0.1) is 11.3 Å². The monoisotopic (exact) mass is 359 g/mol. The summed E-state index contributed by atoms with van der Waals surface area (Å²) >= 11 is 1.59. The Morgan fingerprint density at radius 2 is 2.04 bits per heavy atom. The first-order chi connectivity index (χ1) is 11.8. The number of hydrogen-bond donors (Lipinski definition) is 2. The van der Waals surface area contributed by atoms with Gasteiger partial charge >= 0.3 is 6.09 Å². The maximum absolute atomic E-state index is 12.3. The zero-order chi connectivity index (χ0) is 18.4. The van der Waals surface area contributed by atoms with Crippen molar-refractivity contribution in [3.63, 3.8) is 0 Å². The molecular formula is C18H21N3O3S. The number of nitrogens with zero attached hydrogens (tertiary/aromatic N) is 1. The molecule has 2 rings (SSSR count). The molecule has 0 aliphatic rings. The van der Waals surface area contributed by atoms with Gasteiger partial charge in [-0.3, -0.25) is 4.79 Å². The van der Waals surface area contributed by atoms with Crippen molar-refractivity contribution >= 4 is 33.4 Å². The van der Waals surface area contributed by atoms with Crippen molar-refractivity contribution in [3.05, 3.63) is 35.2 Å². The first-order valence-electron chi connectivity index (χ1n) is 7.89. The summed E-state index contributed by atoms with van der Waals surface area (Å²) in [5, 5.41) is 16.8. The highest BCUT2D eigenvalue weighted by molar-refractivity contribution is 7.17. The van der Waals surface area contributed by atoms with Gasteiger partial charge < -0.3 is 15.4 Å².